The van der Waals surface area contributed by atoms with E-state index in [1.807, 2.05) is 18.2 Å². The summed E-state index contributed by atoms with van der Waals surface area (Å²) >= 11 is 6.14. The van der Waals surface area contributed by atoms with Gasteiger partial charge in [-0.2, -0.15) is 0 Å². The summed E-state index contributed by atoms with van der Waals surface area (Å²) in [6, 6.07) is 7.55. The number of hydrogen-bond acceptors (Lipinski definition) is 4. The van der Waals surface area contributed by atoms with E-state index >= 15 is 0 Å². The van der Waals surface area contributed by atoms with Gasteiger partial charge >= 0.3 is 0 Å². The summed E-state index contributed by atoms with van der Waals surface area (Å²) < 4.78 is 11.1. The van der Waals surface area contributed by atoms with E-state index in [-0.39, 0.29) is 5.41 Å². The minimum Gasteiger partial charge on any atom is -0.486 e. The summed E-state index contributed by atoms with van der Waals surface area (Å²) in [6.07, 6.45) is 0. The van der Waals surface area contributed by atoms with Gasteiger partial charge in [-0.15, -0.1) is 0 Å². The molecule has 1 aromatic carbocycles. The lowest BCUT2D eigenvalue weighted by molar-refractivity contribution is 0.171. The summed E-state index contributed by atoms with van der Waals surface area (Å²) in [5.41, 5.74) is 1.57. The largest absolute Gasteiger partial charge is 0.486 e. The molecule has 2 aromatic rings. The van der Waals surface area contributed by atoms with Crippen molar-refractivity contribution in [3.63, 3.8) is 0 Å². The van der Waals surface area contributed by atoms with Gasteiger partial charge in [0.25, 0.3) is 0 Å². The number of ether oxygens (including phenoxy) is 2. The van der Waals surface area contributed by atoms with Crippen LogP contribution in [-0.4, -0.2) is 23.2 Å². The fourth-order valence-electron chi connectivity index (χ4n) is 2.10. The van der Waals surface area contributed by atoms with Crippen molar-refractivity contribution in [1.29, 1.82) is 0 Å². The van der Waals surface area contributed by atoms with Gasteiger partial charge in [-0.05, 0) is 18.2 Å². The first-order valence-corrected chi connectivity index (χ1v) is 7.26. The average Bonchev–Trinajstić information content (AvgIpc) is 2.45. The molecular formula is C16H17ClN2O2. The second-order valence-electron chi connectivity index (χ2n) is 6.01. The number of rotatable bonds is 1. The zero-order valence-corrected chi connectivity index (χ0v) is 13.1. The first-order chi connectivity index (χ1) is 9.93. The van der Waals surface area contributed by atoms with Gasteiger partial charge in [0.1, 0.15) is 24.2 Å². The zero-order chi connectivity index (χ0) is 15.0. The third-order valence-corrected chi connectivity index (χ3v) is 3.40. The Labute approximate surface area is 129 Å². The second kappa shape index (κ2) is 5.19. The molecule has 0 saturated carbocycles. The number of aromatic nitrogens is 2. The summed E-state index contributed by atoms with van der Waals surface area (Å²) in [4.78, 5) is 8.95. The molecule has 3 rings (SSSR count). The van der Waals surface area contributed by atoms with Crippen LogP contribution in [0.15, 0.2) is 24.3 Å². The van der Waals surface area contributed by atoms with Crippen molar-refractivity contribution in [2.75, 3.05) is 13.2 Å². The van der Waals surface area contributed by atoms with E-state index in [1.165, 1.54) is 0 Å². The lowest BCUT2D eigenvalue weighted by atomic mass is 9.95. The maximum atomic E-state index is 6.14. The smallest absolute Gasteiger partial charge is 0.162 e. The highest BCUT2D eigenvalue weighted by molar-refractivity contribution is 6.29. The van der Waals surface area contributed by atoms with E-state index in [0.717, 1.165) is 28.6 Å². The van der Waals surface area contributed by atoms with Crippen LogP contribution in [0, 0.1) is 0 Å². The first-order valence-electron chi connectivity index (χ1n) is 6.88. The molecule has 4 nitrogen and oxygen atoms in total. The van der Waals surface area contributed by atoms with Crippen LogP contribution in [0.2, 0.25) is 5.15 Å². The number of nitrogens with zero attached hydrogens (tertiary/aromatic N) is 2. The average molecular weight is 305 g/mol. The Morgan fingerprint density at radius 2 is 1.71 bits per heavy atom. The molecule has 0 spiro atoms. The molecule has 2 heterocycles. The van der Waals surface area contributed by atoms with Crippen LogP contribution in [0.4, 0.5) is 0 Å². The van der Waals surface area contributed by atoms with Crippen LogP contribution in [0.5, 0.6) is 11.5 Å². The van der Waals surface area contributed by atoms with Crippen molar-refractivity contribution in [3.8, 4) is 22.8 Å². The molecule has 0 fully saturated rings. The van der Waals surface area contributed by atoms with Gasteiger partial charge in [0.2, 0.25) is 0 Å². The predicted octanol–water partition coefficient (Wildman–Crippen LogP) is 3.87. The van der Waals surface area contributed by atoms with Crippen molar-refractivity contribution in [1.82, 2.24) is 9.97 Å². The molecule has 0 atom stereocenters. The number of fused-ring (bicyclic) bond motifs is 1. The van der Waals surface area contributed by atoms with Gasteiger partial charge in [-0.25, -0.2) is 9.97 Å². The summed E-state index contributed by atoms with van der Waals surface area (Å²) in [5, 5.41) is 0.444. The summed E-state index contributed by atoms with van der Waals surface area (Å²) in [5.74, 6) is 2.23. The van der Waals surface area contributed by atoms with Crippen LogP contribution in [0.3, 0.4) is 0 Å². The fraction of sp³-hybridized carbons (Fsp3) is 0.375. The van der Waals surface area contributed by atoms with Gasteiger partial charge in [0, 0.05) is 17.0 Å². The van der Waals surface area contributed by atoms with Gasteiger partial charge < -0.3 is 9.47 Å². The number of halogens is 1. The third kappa shape index (κ3) is 2.95. The Kier molecular flexibility index (Phi) is 3.49. The first kappa shape index (κ1) is 14.1. The fourth-order valence-corrected chi connectivity index (χ4v) is 2.29. The van der Waals surface area contributed by atoms with Crippen LogP contribution in [0.25, 0.3) is 11.3 Å². The van der Waals surface area contributed by atoms with Crippen LogP contribution in [-0.2, 0) is 5.41 Å². The minimum atomic E-state index is -0.159. The van der Waals surface area contributed by atoms with E-state index in [2.05, 4.69) is 30.7 Å². The number of hydrogen-bond donors (Lipinski definition) is 0. The van der Waals surface area contributed by atoms with Gasteiger partial charge in [-0.1, -0.05) is 32.4 Å². The van der Waals surface area contributed by atoms with E-state index in [4.69, 9.17) is 21.1 Å². The molecule has 0 amide bonds. The Hall–Kier alpha value is -1.81. The lowest BCUT2D eigenvalue weighted by Gasteiger charge is -2.20. The highest BCUT2D eigenvalue weighted by Crippen LogP contribution is 2.35. The van der Waals surface area contributed by atoms with Gasteiger partial charge in [0.15, 0.2) is 11.5 Å². The van der Waals surface area contributed by atoms with Crippen molar-refractivity contribution < 1.29 is 9.47 Å². The highest BCUT2D eigenvalue weighted by atomic mass is 35.5. The summed E-state index contributed by atoms with van der Waals surface area (Å²) in [6.45, 7) is 7.33. The molecule has 1 aliphatic heterocycles. The highest BCUT2D eigenvalue weighted by Gasteiger charge is 2.20. The molecule has 0 unspecified atom stereocenters. The molecule has 1 aliphatic rings. The topological polar surface area (TPSA) is 44.2 Å². The lowest BCUT2D eigenvalue weighted by Crippen LogP contribution is -2.17. The monoisotopic (exact) mass is 304 g/mol. The molecule has 0 N–H and O–H groups in total. The normalized spacial score (nSPS) is 14.1. The second-order valence-corrected chi connectivity index (χ2v) is 6.40. The van der Waals surface area contributed by atoms with Crippen molar-refractivity contribution in [2.45, 2.75) is 26.2 Å². The molecule has 0 radical (unpaired) electrons. The van der Waals surface area contributed by atoms with Gasteiger partial charge in [0.05, 0.1) is 5.69 Å². The maximum absolute atomic E-state index is 6.14. The zero-order valence-electron chi connectivity index (χ0n) is 12.3. The minimum absolute atomic E-state index is 0.159. The molecule has 1 aromatic heterocycles. The molecule has 21 heavy (non-hydrogen) atoms. The molecule has 0 bridgehead atoms. The van der Waals surface area contributed by atoms with Crippen molar-refractivity contribution >= 4 is 11.6 Å². The van der Waals surface area contributed by atoms with Crippen molar-refractivity contribution in [2.24, 2.45) is 0 Å². The Morgan fingerprint density at radius 1 is 1.00 bits per heavy atom. The SMILES string of the molecule is CC(C)(C)c1nc(Cl)cc(-c2ccc3c(c2)OCCO3)n1. The van der Waals surface area contributed by atoms with E-state index < -0.39 is 0 Å². The predicted molar refractivity (Wildman–Crippen MR) is 82.2 cm³/mol. The van der Waals surface area contributed by atoms with Crippen molar-refractivity contribution in [3.05, 3.63) is 35.2 Å². The molecule has 110 valence electrons. The van der Waals surface area contributed by atoms with Crippen LogP contribution in [0.1, 0.15) is 26.6 Å². The standard InChI is InChI=1S/C16H17ClN2O2/c1-16(2,3)15-18-11(9-14(17)19-15)10-4-5-12-13(8-10)21-7-6-20-12/h4-5,8-9H,6-7H2,1-3H3. The molecule has 0 aliphatic carbocycles. The Bertz CT molecular complexity index is 680. The Balaban J connectivity index is 2.06. The Morgan fingerprint density at radius 3 is 2.43 bits per heavy atom. The van der Waals surface area contributed by atoms with E-state index in [1.54, 1.807) is 6.07 Å². The summed E-state index contributed by atoms with van der Waals surface area (Å²) in [7, 11) is 0. The molecule has 0 saturated heterocycles. The molecule has 5 heteroatoms. The van der Waals surface area contributed by atoms with E-state index in [0.29, 0.717) is 18.4 Å². The maximum Gasteiger partial charge on any atom is 0.162 e. The molecular weight excluding hydrogens is 288 g/mol. The van der Waals surface area contributed by atoms with Gasteiger partial charge in [-0.3, -0.25) is 0 Å². The quantitative estimate of drug-likeness (QED) is 0.750. The third-order valence-electron chi connectivity index (χ3n) is 3.20. The number of benzene rings is 1. The van der Waals surface area contributed by atoms with Crippen LogP contribution < -0.4 is 9.47 Å². The van der Waals surface area contributed by atoms with Crippen LogP contribution >= 0.6 is 11.6 Å². The van der Waals surface area contributed by atoms with E-state index in [9.17, 15) is 0 Å².